The number of hydrogen-bond donors (Lipinski definition) is 2. The van der Waals surface area contributed by atoms with E-state index in [4.69, 9.17) is 12.2 Å². The first-order valence-electron chi connectivity index (χ1n) is 7.14. The van der Waals surface area contributed by atoms with Gasteiger partial charge in [0.1, 0.15) is 0 Å². The van der Waals surface area contributed by atoms with E-state index in [0.717, 1.165) is 25.3 Å². The quantitative estimate of drug-likeness (QED) is 0.507. The molecule has 0 amide bonds. The van der Waals surface area contributed by atoms with E-state index in [0.29, 0.717) is 11.0 Å². The van der Waals surface area contributed by atoms with Crippen molar-refractivity contribution >= 4 is 23.0 Å². The van der Waals surface area contributed by atoms with Gasteiger partial charge in [-0.2, -0.15) is 5.10 Å². The number of benzene rings is 1. The highest BCUT2D eigenvalue weighted by atomic mass is 32.1. The molecule has 2 N–H and O–H groups in total. The second kappa shape index (κ2) is 6.18. The van der Waals surface area contributed by atoms with Crippen LogP contribution < -0.4 is 10.7 Å². The fourth-order valence-corrected chi connectivity index (χ4v) is 2.94. The lowest BCUT2D eigenvalue weighted by Crippen LogP contribution is -2.38. The zero-order chi connectivity index (χ0) is 13.8. The summed E-state index contributed by atoms with van der Waals surface area (Å²) in [6, 6.07) is 10.4. The molecule has 2 aliphatic rings. The molecule has 104 valence electrons. The molecule has 0 spiro atoms. The monoisotopic (exact) mass is 285 g/mol. The topological polar surface area (TPSA) is 36.4 Å². The largest absolute Gasteiger partial charge is 0.361 e. The predicted octanol–water partition coefficient (Wildman–Crippen LogP) is 2.65. The Bertz CT molecular complexity index is 536. The molecule has 0 aliphatic heterocycles. The molecule has 2 atom stereocenters. The van der Waals surface area contributed by atoms with Gasteiger partial charge in [-0.25, -0.2) is 0 Å². The Morgan fingerprint density at radius 1 is 1.30 bits per heavy atom. The maximum Gasteiger partial charge on any atom is 0.186 e. The molecule has 4 heteroatoms. The van der Waals surface area contributed by atoms with Gasteiger partial charge in [0, 0.05) is 18.2 Å². The van der Waals surface area contributed by atoms with E-state index in [1.807, 2.05) is 6.07 Å². The Balaban J connectivity index is 1.38. The van der Waals surface area contributed by atoms with Crippen LogP contribution in [0.5, 0.6) is 0 Å². The second-order valence-corrected chi connectivity index (χ2v) is 5.77. The molecule has 0 saturated heterocycles. The molecule has 20 heavy (non-hydrogen) atoms. The fraction of sp³-hybridized carbons (Fsp3) is 0.375. The molecular weight excluding hydrogens is 266 g/mol. The summed E-state index contributed by atoms with van der Waals surface area (Å²) in [7, 11) is 0. The van der Waals surface area contributed by atoms with Gasteiger partial charge in [-0.05, 0) is 43.0 Å². The lowest BCUT2D eigenvalue weighted by Gasteiger charge is -2.31. The third kappa shape index (κ3) is 3.07. The van der Waals surface area contributed by atoms with E-state index in [2.05, 4.69) is 52.3 Å². The molecular formula is C16H19N3S. The van der Waals surface area contributed by atoms with Gasteiger partial charge in [0.2, 0.25) is 0 Å². The van der Waals surface area contributed by atoms with Crippen LogP contribution in [-0.2, 0) is 6.42 Å². The highest BCUT2D eigenvalue weighted by Crippen LogP contribution is 2.40. The van der Waals surface area contributed by atoms with Crippen LogP contribution in [0.25, 0.3) is 0 Å². The molecule has 0 aromatic heterocycles. The number of nitrogens with zero attached hydrogens (tertiary/aromatic N) is 1. The SMILES string of the molecule is S=C(NCCc1ccccc1)N/N=C1/CC2CC=CC12. The smallest absolute Gasteiger partial charge is 0.186 e. The minimum atomic E-state index is 0.564. The van der Waals surface area contributed by atoms with Crippen molar-refractivity contribution in [2.45, 2.75) is 19.3 Å². The molecule has 0 radical (unpaired) electrons. The van der Waals surface area contributed by atoms with Gasteiger partial charge in [-0.1, -0.05) is 42.5 Å². The highest BCUT2D eigenvalue weighted by molar-refractivity contribution is 7.80. The highest BCUT2D eigenvalue weighted by Gasteiger charge is 2.37. The van der Waals surface area contributed by atoms with Gasteiger partial charge in [-0.15, -0.1) is 0 Å². The Hall–Kier alpha value is -1.68. The normalized spacial score (nSPS) is 25.1. The van der Waals surface area contributed by atoms with Crippen molar-refractivity contribution in [1.82, 2.24) is 10.7 Å². The zero-order valence-corrected chi connectivity index (χ0v) is 12.2. The Morgan fingerprint density at radius 2 is 2.15 bits per heavy atom. The van der Waals surface area contributed by atoms with Gasteiger partial charge < -0.3 is 5.32 Å². The lowest BCUT2D eigenvalue weighted by atomic mass is 9.74. The van der Waals surface area contributed by atoms with Crippen LogP contribution in [0.2, 0.25) is 0 Å². The number of hydrogen-bond acceptors (Lipinski definition) is 2. The van der Waals surface area contributed by atoms with E-state index in [1.54, 1.807) is 0 Å². The summed E-state index contributed by atoms with van der Waals surface area (Å²) in [5.41, 5.74) is 5.50. The molecule has 0 bridgehead atoms. The predicted molar refractivity (Wildman–Crippen MR) is 86.7 cm³/mol. The minimum Gasteiger partial charge on any atom is -0.361 e. The van der Waals surface area contributed by atoms with Gasteiger partial charge in [0.25, 0.3) is 0 Å². The average Bonchev–Trinajstić information content (AvgIpc) is 2.82. The van der Waals surface area contributed by atoms with E-state index in [9.17, 15) is 0 Å². The molecule has 3 nitrogen and oxygen atoms in total. The van der Waals surface area contributed by atoms with E-state index >= 15 is 0 Å². The van der Waals surface area contributed by atoms with E-state index in [1.165, 1.54) is 17.7 Å². The average molecular weight is 285 g/mol. The molecule has 0 heterocycles. The van der Waals surface area contributed by atoms with Crippen molar-refractivity contribution in [3.8, 4) is 0 Å². The van der Waals surface area contributed by atoms with Gasteiger partial charge in [0.05, 0.1) is 0 Å². The molecule has 1 aromatic carbocycles. The first-order valence-corrected chi connectivity index (χ1v) is 7.54. The summed E-state index contributed by atoms with van der Waals surface area (Å²) in [6.45, 7) is 0.826. The fourth-order valence-electron chi connectivity index (χ4n) is 2.79. The minimum absolute atomic E-state index is 0.564. The Labute approximate surface area is 125 Å². The second-order valence-electron chi connectivity index (χ2n) is 5.36. The van der Waals surface area contributed by atoms with Crippen LogP contribution in [0.3, 0.4) is 0 Å². The van der Waals surface area contributed by atoms with Crippen molar-refractivity contribution in [2.24, 2.45) is 16.9 Å². The maximum atomic E-state index is 5.23. The molecule has 2 aliphatic carbocycles. The zero-order valence-electron chi connectivity index (χ0n) is 11.4. The summed E-state index contributed by atoms with van der Waals surface area (Å²) in [6.07, 6.45) is 7.81. The lowest BCUT2D eigenvalue weighted by molar-refractivity contribution is 0.444. The number of hydrazone groups is 1. The van der Waals surface area contributed by atoms with Gasteiger partial charge in [0.15, 0.2) is 5.11 Å². The number of allylic oxidation sites excluding steroid dienone is 2. The van der Waals surface area contributed by atoms with Crippen molar-refractivity contribution < 1.29 is 0 Å². The number of fused-ring (bicyclic) bond motifs is 1. The third-order valence-corrected chi connectivity index (χ3v) is 4.22. The van der Waals surface area contributed by atoms with Crippen LogP contribution in [0.1, 0.15) is 18.4 Å². The molecule has 3 rings (SSSR count). The summed E-state index contributed by atoms with van der Waals surface area (Å²) < 4.78 is 0. The Kier molecular flexibility index (Phi) is 4.11. The number of thiocarbonyl (C=S) groups is 1. The standard InChI is InChI=1S/C16H19N3S/c20-16(17-10-9-12-5-2-1-3-6-12)19-18-15-11-13-7-4-8-14(13)15/h1-6,8,13-14H,7,9-11H2,(H2,17,19,20)/b18-15-. The van der Waals surface area contributed by atoms with Crippen LogP contribution in [-0.4, -0.2) is 17.4 Å². The van der Waals surface area contributed by atoms with Crippen molar-refractivity contribution in [2.75, 3.05) is 6.54 Å². The molecule has 1 fully saturated rings. The first kappa shape index (κ1) is 13.3. The van der Waals surface area contributed by atoms with Crippen LogP contribution in [0.15, 0.2) is 47.6 Å². The summed E-state index contributed by atoms with van der Waals surface area (Å²) >= 11 is 5.23. The van der Waals surface area contributed by atoms with E-state index < -0.39 is 0 Å². The van der Waals surface area contributed by atoms with Gasteiger partial charge >= 0.3 is 0 Å². The van der Waals surface area contributed by atoms with Crippen molar-refractivity contribution in [1.29, 1.82) is 0 Å². The summed E-state index contributed by atoms with van der Waals surface area (Å²) in [4.78, 5) is 0. The number of nitrogens with one attached hydrogen (secondary N) is 2. The third-order valence-electron chi connectivity index (χ3n) is 3.99. The first-order chi connectivity index (χ1) is 9.83. The van der Waals surface area contributed by atoms with Crippen LogP contribution >= 0.6 is 12.2 Å². The van der Waals surface area contributed by atoms with Crippen molar-refractivity contribution in [3.05, 3.63) is 48.0 Å². The maximum absolute atomic E-state index is 5.23. The molecule has 1 aromatic rings. The van der Waals surface area contributed by atoms with Crippen LogP contribution in [0.4, 0.5) is 0 Å². The van der Waals surface area contributed by atoms with Crippen LogP contribution in [0, 0.1) is 11.8 Å². The summed E-state index contributed by atoms with van der Waals surface area (Å²) in [5, 5.41) is 8.21. The van der Waals surface area contributed by atoms with E-state index in [-0.39, 0.29) is 0 Å². The molecule has 1 saturated carbocycles. The molecule has 2 unspecified atom stereocenters. The number of rotatable bonds is 4. The summed E-state index contributed by atoms with van der Waals surface area (Å²) in [5.74, 6) is 1.37. The Morgan fingerprint density at radius 3 is 2.95 bits per heavy atom. The van der Waals surface area contributed by atoms with Crippen molar-refractivity contribution in [3.63, 3.8) is 0 Å². The van der Waals surface area contributed by atoms with Gasteiger partial charge in [-0.3, -0.25) is 5.43 Å².